The molecule has 0 aliphatic carbocycles. The molecule has 6 nitrogen and oxygen atoms in total. The van der Waals surface area contributed by atoms with E-state index in [9.17, 15) is 4.79 Å². The van der Waals surface area contributed by atoms with E-state index in [4.69, 9.17) is 15.7 Å². The number of oxime groups is 1. The molecule has 0 radical (unpaired) electrons. The van der Waals surface area contributed by atoms with Crippen molar-refractivity contribution >= 4 is 119 Å². The number of halogens is 5. The standard InChI is InChI=1S/C2H5NO.C2H7N.CH3NO.CH2O.5HI.2V/c1-2(3)4;2*1-2-3;1-2;;;;;;;/h1H3,(H2,3,4);2-3H2,1H3;3H,1H2;1H2;5*1H;;/q;;;;;;;;;+2;+3/p-5. The van der Waals surface area contributed by atoms with Crippen LogP contribution < -0.4 is 11.5 Å². The Bertz CT molecular complexity index is 143. The van der Waals surface area contributed by atoms with Gasteiger partial charge in [0.2, 0.25) is 5.91 Å². The zero-order chi connectivity index (χ0) is 17.3. The molecule has 0 aromatic carbocycles. The molecular formula is C6H17I5N3O3V2. The number of carbonyl (C=O) groups excluding carboxylic acids is 2. The fraction of sp³-hybridized carbons (Fsp3) is 0.500. The molecule has 0 aliphatic heterocycles. The van der Waals surface area contributed by atoms with E-state index in [1.807, 2.05) is 13.7 Å². The van der Waals surface area contributed by atoms with Gasteiger partial charge in [0.1, 0.15) is 6.79 Å². The number of nitrogens with two attached hydrogens (primary N) is 2. The molecule has 0 saturated carbocycles. The summed E-state index contributed by atoms with van der Waals surface area (Å²) in [6.45, 7) is 8.62. The Labute approximate surface area is 181 Å². The molecule has 0 heterocycles. The number of nitrogens with zero attached hydrogens (tertiary/aromatic N) is 1. The molecule has 13 heteroatoms. The number of carbonyl (C=O) groups is 2. The second kappa shape index (κ2) is 57.9. The van der Waals surface area contributed by atoms with Gasteiger partial charge in [0, 0.05) is 13.6 Å². The molecule has 0 aromatic heterocycles. The first-order valence-corrected chi connectivity index (χ1v) is 26.3. The molecule has 0 saturated heterocycles. The number of hydrogen-bond acceptors (Lipinski definition) is 5. The van der Waals surface area contributed by atoms with Crippen LogP contribution in [-0.2, 0) is 24.0 Å². The first-order chi connectivity index (χ1) is 8.71. The Kier molecular flexibility index (Phi) is 116. The number of amides is 1. The fourth-order valence-electron chi connectivity index (χ4n) is 0. The molecule has 0 bridgehead atoms. The van der Waals surface area contributed by atoms with Crippen LogP contribution in [0.3, 0.4) is 0 Å². The van der Waals surface area contributed by atoms with Crippen molar-refractivity contribution in [2.75, 3.05) is 6.54 Å². The number of rotatable bonds is 0. The van der Waals surface area contributed by atoms with Crippen LogP contribution in [0.5, 0.6) is 0 Å². The molecule has 5 N–H and O–H groups in total. The van der Waals surface area contributed by atoms with Gasteiger partial charge in [-0.15, -0.1) is 5.16 Å². The van der Waals surface area contributed by atoms with E-state index in [1.54, 1.807) is 0 Å². The summed E-state index contributed by atoms with van der Waals surface area (Å²) in [4.78, 5) is 16.9. The van der Waals surface area contributed by atoms with Gasteiger partial charge >= 0.3 is 114 Å². The van der Waals surface area contributed by atoms with Crippen molar-refractivity contribution in [2.45, 2.75) is 13.8 Å². The molecule has 0 spiro atoms. The average Bonchev–Trinajstić information content (AvgIpc) is 2.21. The summed E-state index contributed by atoms with van der Waals surface area (Å²) in [6.07, 6.45) is 0. The van der Waals surface area contributed by atoms with Gasteiger partial charge < -0.3 is 21.5 Å². The van der Waals surface area contributed by atoms with Gasteiger partial charge in [-0.1, -0.05) is 6.92 Å². The van der Waals surface area contributed by atoms with E-state index >= 15 is 0 Å². The molecule has 0 atom stereocenters. The van der Waals surface area contributed by atoms with Crippen molar-refractivity contribution in [2.24, 2.45) is 16.6 Å². The summed E-state index contributed by atoms with van der Waals surface area (Å²) in [5, 5.41) is 9.33. The summed E-state index contributed by atoms with van der Waals surface area (Å²) in [7, 11) is 0.628. The average molecular weight is 916 g/mol. The van der Waals surface area contributed by atoms with Crippen LogP contribution in [0.4, 0.5) is 0 Å². The molecule has 0 rings (SSSR count). The Balaban J connectivity index is -0.0000000271. The predicted molar refractivity (Wildman–Crippen MR) is 118 cm³/mol. The summed E-state index contributed by atoms with van der Waals surface area (Å²) < 4.78 is 0. The third-order valence-electron chi connectivity index (χ3n) is 0. The quantitative estimate of drug-likeness (QED) is 0.149. The molecule has 0 aromatic rings. The SMILES string of the molecule is C=NO.C=O.CC(N)=O.CCN.[I][V]([I])[I].[I][V][I]. The van der Waals surface area contributed by atoms with E-state index in [2.05, 4.69) is 118 Å². The van der Waals surface area contributed by atoms with Crippen LogP contribution >= 0.6 is 99.9 Å². The van der Waals surface area contributed by atoms with E-state index in [-0.39, 0.29) is 10.8 Å². The minimum absolute atomic E-state index is 0.278. The van der Waals surface area contributed by atoms with Gasteiger partial charge in [0.05, 0.1) is 0 Å². The van der Waals surface area contributed by atoms with E-state index in [1.165, 1.54) is 6.92 Å². The van der Waals surface area contributed by atoms with Crippen molar-refractivity contribution in [1.82, 2.24) is 0 Å². The summed E-state index contributed by atoms with van der Waals surface area (Å²) in [6, 6.07) is 0. The second-order valence-electron chi connectivity index (χ2n) is 1.42. The molecule has 1 amide bonds. The second-order valence-corrected chi connectivity index (χ2v) is 48.6. The van der Waals surface area contributed by atoms with Crippen LogP contribution in [0.15, 0.2) is 5.16 Å². The van der Waals surface area contributed by atoms with Crippen molar-refractivity contribution in [1.29, 1.82) is 0 Å². The molecule has 19 heavy (non-hydrogen) atoms. The third-order valence-corrected chi connectivity index (χ3v) is 0. The molecular weight excluding hydrogens is 898 g/mol. The molecule has 119 valence electrons. The molecule has 0 unspecified atom stereocenters. The normalized spacial score (nSPS) is 5.74. The topological polar surface area (TPSA) is 119 Å². The Hall–Kier alpha value is 3.39. The van der Waals surface area contributed by atoms with Gasteiger partial charge in [-0.3, -0.25) is 4.79 Å². The van der Waals surface area contributed by atoms with Gasteiger partial charge in [0.15, 0.2) is 0 Å². The summed E-state index contributed by atoms with van der Waals surface area (Å²) >= 11 is 12.1. The first-order valence-electron chi connectivity index (χ1n) is 3.76. The maximum absolute atomic E-state index is 9.22. The summed E-state index contributed by atoms with van der Waals surface area (Å²) in [5.74, 6) is -0.333. The van der Waals surface area contributed by atoms with Crippen molar-refractivity contribution < 1.29 is 29.2 Å². The van der Waals surface area contributed by atoms with Crippen LogP contribution in [0.2, 0.25) is 0 Å². The zero-order valence-electron chi connectivity index (χ0n) is 10.3. The zero-order valence-corrected chi connectivity index (χ0v) is 23.9. The fourth-order valence-corrected chi connectivity index (χ4v) is 0. The Morgan fingerprint density at radius 1 is 1.37 bits per heavy atom. The number of primary amides is 1. The number of hydrogen-bond donors (Lipinski definition) is 3. The minimum atomic E-state index is -0.333. The summed E-state index contributed by atoms with van der Waals surface area (Å²) in [5.41, 5.74) is 9.32. The third kappa shape index (κ3) is 700. The van der Waals surface area contributed by atoms with Crippen LogP contribution in [0.25, 0.3) is 0 Å². The van der Waals surface area contributed by atoms with Gasteiger partial charge in [-0.25, -0.2) is 0 Å². The molecule has 0 fully saturated rings. The Morgan fingerprint density at radius 3 is 1.37 bits per heavy atom. The molecule has 0 aliphatic rings. The van der Waals surface area contributed by atoms with Gasteiger partial charge in [-0.2, -0.15) is 0 Å². The van der Waals surface area contributed by atoms with Crippen molar-refractivity contribution in [3.63, 3.8) is 0 Å². The van der Waals surface area contributed by atoms with Crippen molar-refractivity contribution in [3.8, 4) is 0 Å². The monoisotopic (exact) mass is 916 g/mol. The van der Waals surface area contributed by atoms with E-state index in [0.717, 1.165) is 6.54 Å². The van der Waals surface area contributed by atoms with E-state index < -0.39 is 0 Å². The maximum atomic E-state index is 9.22. The van der Waals surface area contributed by atoms with Crippen LogP contribution in [0.1, 0.15) is 13.8 Å². The van der Waals surface area contributed by atoms with Crippen LogP contribution in [0, 0.1) is 0 Å². The first kappa shape index (κ1) is 38.1. The van der Waals surface area contributed by atoms with E-state index in [0.29, 0.717) is 9.47 Å². The van der Waals surface area contributed by atoms with Gasteiger partial charge in [0.25, 0.3) is 0 Å². The van der Waals surface area contributed by atoms with Crippen molar-refractivity contribution in [3.05, 3.63) is 0 Å². The van der Waals surface area contributed by atoms with Crippen LogP contribution in [-0.4, -0.2) is 31.2 Å². The van der Waals surface area contributed by atoms with Gasteiger partial charge in [-0.05, 0) is 6.54 Å². The predicted octanol–water partition coefficient (Wildman–Crippen LogP) is 3.77. The Morgan fingerprint density at radius 2 is 1.37 bits per heavy atom.